The van der Waals surface area contributed by atoms with Crippen molar-refractivity contribution in [3.63, 3.8) is 0 Å². The SMILES string of the molecule is CC(C)(C)OC12CCCCC1CC(=O)O2. The minimum Gasteiger partial charge on any atom is -0.433 e. The van der Waals surface area contributed by atoms with Crippen LogP contribution in [0.2, 0.25) is 0 Å². The molecule has 1 heterocycles. The van der Waals surface area contributed by atoms with Gasteiger partial charge in [0.05, 0.1) is 12.0 Å². The second kappa shape index (κ2) is 3.48. The van der Waals surface area contributed by atoms with Crippen LogP contribution in [0.1, 0.15) is 52.9 Å². The molecule has 0 aromatic rings. The molecule has 0 aromatic heterocycles. The molecule has 2 atom stereocenters. The van der Waals surface area contributed by atoms with Crippen molar-refractivity contribution in [3.8, 4) is 0 Å². The number of carbonyl (C=O) groups is 1. The fraction of sp³-hybridized carbons (Fsp3) is 0.917. The molecule has 86 valence electrons. The van der Waals surface area contributed by atoms with E-state index in [0.29, 0.717) is 6.42 Å². The van der Waals surface area contributed by atoms with E-state index in [4.69, 9.17) is 9.47 Å². The van der Waals surface area contributed by atoms with Gasteiger partial charge in [0.1, 0.15) is 0 Å². The summed E-state index contributed by atoms with van der Waals surface area (Å²) in [4.78, 5) is 11.4. The fourth-order valence-electron chi connectivity index (χ4n) is 2.69. The lowest BCUT2D eigenvalue weighted by molar-refractivity contribution is -0.277. The Balaban J connectivity index is 2.18. The van der Waals surface area contributed by atoms with Crippen molar-refractivity contribution in [2.75, 3.05) is 0 Å². The Kier molecular flexibility index (Phi) is 2.53. The van der Waals surface area contributed by atoms with E-state index in [1.807, 2.05) is 20.8 Å². The van der Waals surface area contributed by atoms with Crippen molar-refractivity contribution in [1.29, 1.82) is 0 Å². The van der Waals surface area contributed by atoms with Gasteiger partial charge in [0, 0.05) is 12.3 Å². The fourth-order valence-corrected chi connectivity index (χ4v) is 2.69. The average molecular weight is 212 g/mol. The van der Waals surface area contributed by atoms with E-state index in [0.717, 1.165) is 19.3 Å². The van der Waals surface area contributed by atoms with Gasteiger partial charge in [0.25, 0.3) is 0 Å². The van der Waals surface area contributed by atoms with Crippen molar-refractivity contribution < 1.29 is 14.3 Å². The first-order valence-corrected chi connectivity index (χ1v) is 5.83. The Morgan fingerprint density at radius 1 is 1.40 bits per heavy atom. The predicted molar refractivity (Wildman–Crippen MR) is 56.2 cm³/mol. The maximum atomic E-state index is 11.4. The van der Waals surface area contributed by atoms with Crippen molar-refractivity contribution in [2.45, 2.75) is 64.3 Å². The maximum absolute atomic E-state index is 11.4. The minimum absolute atomic E-state index is 0.0915. The first-order chi connectivity index (χ1) is 6.91. The van der Waals surface area contributed by atoms with Crippen molar-refractivity contribution in [3.05, 3.63) is 0 Å². The largest absolute Gasteiger partial charge is 0.433 e. The summed E-state index contributed by atoms with van der Waals surface area (Å²) in [5.74, 6) is -0.419. The molecule has 0 amide bonds. The molecular formula is C12H20O3. The third-order valence-corrected chi connectivity index (χ3v) is 3.13. The molecule has 1 aliphatic carbocycles. The van der Waals surface area contributed by atoms with Crippen LogP contribution in [0.15, 0.2) is 0 Å². The second-order valence-corrected chi connectivity index (χ2v) is 5.65. The van der Waals surface area contributed by atoms with Crippen molar-refractivity contribution in [1.82, 2.24) is 0 Å². The number of hydrogen-bond acceptors (Lipinski definition) is 3. The molecule has 1 saturated heterocycles. The van der Waals surface area contributed by atoms with E-state index < -0.39 is 5.79 Å². The smallest absolute Gasteiger partial charge is 0.308 e. The molecule has 2 aliphatic rings. The molecule has 3 heteroatoms. The Labute approximate surface area is 91.1 Å². The molecule has 0 aromatic carbocycles. The van der Waals surface area contributed by atoms with E-state index >= 15 is 0 Å². The van der Waals surface area contributed by atoms with Crippen molar-refractivity contribution >= 4 is 5.97 Å². The molecule has 0 spiro atoms. The van der Waals surface area contributed by atoms with Crippen LogP contribution in [0.5, 0.6) is 0 Å². The van der Waals surface area contributed by atoms with Crippen LogP contribution >= 0.6 is 0 Å². The molecule has 3 nitrogen and oxygen atoms in total. The van der Waals surface area contributed by atoms with Gasteiger partial charge in [-0.05, 0) is 33.6 Å². The molecule has 0 bridgehead atoms. The van der Waals surface area contributed by atoms with E-state index in [-0.39, 0.29) is 17.5 Å². The highest BCUT2D eigenvalue weighted by molar-refractivity contribution is 5.72. The number of hydrogen-bond donors (Lipinski definition) is 0. The molecule has 1 aliphatic heterocycles. The first kappa shape index (κ1) is 10.9. The topological polar surface area (TPSA) is 35.5 Å². The van der Waals surface area contributed by atoms with Crippen LogP contribution in [0.4, 0.5) is 0 Å². The predicted octanol–water partition coefficient (Wildman–Crippen LogP) is 2.63. The molecule has 0 radical (unpaired) electrons. The monoisotopic (exact) mass is 212 g/mol. The lowest BCUT2D eigenvalue weighted by Crippen LogP contribution is -2.46. The van der Waals surface area contributed by atoms with Gasteiger partial charge in [-0.1, -0.05) is 6.42 Å². The highest BCUT2D eigenvalue weighted by atomic mass is 16.7. The quantitative estimate of drug-likeness (QED) is 0.627. The van der Waals surface area contributed by atoms with Crippen LogP contribution in [-0.2, 0) is 14.3 Å². The summed E-state index contributed by atoms with van der Waals surface area (Å²) in [5, 5.41) is 0. The molecule has 2 unspecified atom stereocenters. The van der Waals surface area contributed by atoms with Crippen molar-refractivity contribution in [2.24, 2.45) is 5.92 Å². The highest BCUT2D eigenvalue weighted by Crippen LogP contribution is 2.46. The Bertz CT molecular complexity index is 267. The van der Waals surface area contributed by atoms with Gasteiger partial charge < -0.3 is 9.47 Å². The Hall–Kier alpha value is -0.570. The first-order valence-electron chi connectivity index (χ1n) is 5.83. The van der Waals surface area contributed by atoms with Gasteiger partial charge in [0.15, 0.2) is 0 Å². The average Bonchev–Trinajstić information content (AvgIpc) is 2.36. The number of carbonyl (C=O) groups excluding carboxylic acids is 1. The third-order valence-electron chi connectivity index (χ3n) is 3.13. The summed E-state index contributed by atoms with van der Waals surface area (Å²) < 4.78 is 11.5. The third kappa shape index (κ3) is 2.17. The highest BCUT2D eigenvalue weighted by Gasteiger charge is 2.53. The van der Waals surface area contributed by atoms with Gasteiger partial charge >= 0.3 is 5.97 Å². The number of esters is 1. The molecule has 0 N–H and O–H groups in total. The van der Waals surface area contributed by atoms with Crippen LogP contribution in [-0.4, -0.2) is 17.4 Å². The van der Waals surface area contributed by atoms with Crippen LogP contribution in [0, 0.1) is 5.92 Å². The summed E-state index contributed by atoms with van der Waals surface area (Å²) in [6.07, 6.45) is 4.75. The number of ether oxygens (including phenoxy) is 2. The zero-order valence-electron chi connectivity index (χ0n) is 9.84. The van der Waals surface area contributed by atoms with Crippen LogP contribution in [0.25, 0.3) is 0 Å². The van der Waals surface area contributed by atoms with Gasteiger partial charge in [0.2, 0.25) is 5.79 Å². The minimum atomic E-state index is -0.604. The molecule has 1 saturated carbocycles. The lowest BCUT2D eigenvalue weighted by atomic mass is 9.82. The number of fused-ring (bicyclic) bond motifs is 1. The maximum Gasteiger partial charge on any atom is 0.308 e. The van der Waals surface area contributed by atoms with E-state index in [1.165, 1.54) is 6.42 Å². The molecular weight excluding hydrogens is 192 g/mol. The lowest BCUT2D eigenvalue weighted by Gasteiger charge is -2.41. The van der Waals surface area contributed by atoms with Gasteiger partial charge in [-0.3, -0.25) is 4.79 Å². The summed E-state index contributed by atoms with van der Waals surface area (Å²) in [6, 6.07) is 0. The summed E-state index contributed by atoms with van der Waals surface area (Å²) in [6.45, 7) is 6.04. The number of rotatable bonds is 1. The normalized spacial score (nSPS) is 36.2. The standard InChI is InChI=1S/C12H20O3/c1-11(2,3)15-12-7-5-4-6-9(12)8-10(13)14-12/h9H,4-8H2,1-3H3. The van der Waals surface area contributed by atoms with Gasteiger partial charge in [-0.25, -0.2) is 0 Å². The zero-order chi connectivity index (χ0) is 11.1. The molecule has 2 fully saturated rings. The van der Waals surface area contributed by atoms with E-state index in [2.05, 4.69) is 0 Å². The molecule has 2 rings (SSSR count). The molecule has 15 heavy (non-hydrogen) atoms. The van der Waals surface area contributed by atoms with Gasteiger partial charge in [-0.2, -0.15) is 0 Å². The summed E-state index contributed by atoms with van der Waals surface area (Å²) in [7, 11) is 0. The summed E-state index contributed by atoms with van der Waals surface area (Å²) in [5.41, 5.74) is -0.250. The Morgan fingerprint density at radius 2 is 2.13 bits per heavy atom. The van der Waals surface area contributed by atoms with E-state index in [1.54, 1.807) is 0 Å². The zero-order valence-corrected chi connectivity index (χ0v) is 9.84. The van der Waals surface area contributed by atoms with E-state index in [9.17, 15) is 4.79 Å². The summed E-state index contributed by atoms with van der Waals surface area (Å²) >= 11 is 0. The van der Waals surface area contributed by atoms with Gasteiger partial charge in [-0.15, -0.1) is 0 Å². The second-order valence-electron chi connectivity index (χ2n) is 5.65. The Morgan fingerprint density at radius 3 is 2.80 bits per heavy atom. The van der Waals surface area contributed by atoms with Crippen LogP contribution < -0.4 is 0 Å². The van der Waals surface area contributed by atoms with Crippen LogP contribution in [0.3, 0.4) is 0 Å².